The van der Waals surface area contributed by atoms with Gasteiger partial charge >= 0.3 is 0 Å². The summed E-state index contributed by atoms with van der Waals surface area (Å²) in [6.45, 7) is 4.68. The first-order valence-electron chi connectivity index (χ1n) is 28.4. The lowest BCUT2D eigenvalue weighted by Gasteiger charge is -2.28. The average Bonchev–Trinajstić information content (AvgIpc) is 1.85. The van der Waals surface area contributed by atoms with E-state index >= 15 is 0 Å². The van der Waals surface area contributed by atoms with Crippen LogP contribution in [0.2, 0.25) is 0 Å². The van der Waals surface area contributed by atoms with Crippen LogP contribution >= 0.6 is 0 Å². The highest BCUT2D eigenvalue weighted by atomic mass is 15.1. The van der Waals surface area contributed by atoms with Gasteiger partial charge in [-0.25, -0.2) is 0 Å². The van der Waals surface area contributed by atoms with Gasteiger partial charge in [0, 0.05) is 64.7 Å². The standard InChI is InChI=1S/C77H46N6/c1-77(2)63-30-14-9-25-51(63)59-41-60-55-29-13-15-31-65(55)80(69(60)42-64(59)77)76-74(82-67-33-17-11-27-53(67)57-39-36-46-20-4-7-23-49(46)71(57)82)61(43-78)73(81-66-32-16-10-26-52(66)56-38-35-45-19-3-6-22-48(45)70(56)81)62(44-79)75(76)83-68-34-18-12-28-54(68)58-40-37-47-21-5-8-24-50(47)72(58)83/h3-42H,1-2H3. The zero-order valence-electron chi connectivity index (χ0n) is 45.3. The molecular weight excluding hydrogens is 1010 g/mol. The SMILES string of the molecule is CC1(C)c2ccccc2-c2cc3c4ccccc4n(-c4c(-n5c6ccccc6c6ccc7ccccc7c65)c(C#N)c(-n5c6ccccc6c6ccc7ccccc7c65)c(C#N)c4-n4c5ccccc5c5ccc6ccccc6c54)c3cc21. The molecule has 83 heavy (non-hydrogen) atoms. The summed E-state index contributed by atoms with van der Waals surface area (Å²) in [5, 5.41) is 40.7. The minimum Gasteiger partial charge on any atom is -0.306 e. The number of fused-ring (bicyclic) bond motifs is 21. The van der Waals surface area contributed by atoms with Gasteiger partial charge < -0.3 is 18.3 Å². The van der Waals surface area contributed by atoms with Crippen molar-refractivity contribution in [3.8, 4) is 46.0 Å². The van der Waals surface area contributed by atoms with Crippen LogP contribution in [0.3, 0.4) is 0 Å². The Hall–Kier alpha value is -11.2. The average molecular weight is 1060 g/mol. The molecule has 0 fully saturated rings. The lowest BCUT2D eigenvalue weighted by molar-refractivity contribution is 0.661. The van der Waals surface area contributed by atoms with Crippen LogP contribution in [-0.2, 0) is 5.41 Å². The van der Waals surface area contributed by atoms with Crippen LogP contribution in [0.4, 0.5) is 0 Å². The molecule has 0 spiro atoms. The first-order chi connectivity index (χ1) is 40.9. The number of hydrogen-bond donors (Lipinski definition) is 0. The molecule has 1 aliphatic carbocycles. The van der Waals surface area contributed by atoms with Crippen LogP contribution in [0.25, 0.3) is 153 Å². The smallest absolute Gasteiger partial charge is 0.104 e. The summed E-state index contributed by atoms with van der Waals surface area (Å²) in [6.07, 6.45) is 0. The van der Waals surface area contributed by atoms with Crippen molar-refractivity contribution in [3.05, 3.63) is 265 Å². The van der Waals surface area contributed by atoms with Crippen molar-refractivity contribution in [2.75, 3.05) is 0 Å². The molecule has 0 atom stereocenters. The van der Waals surface area contributed by atoms with Gasteiger partial charge in [0.1, 0.15) is 23.3 Å². The normalized spacial score (nSPS) is 13.0. The Bertz CT molecular complexity index is 5690. The van der Waals surface area contributed by atoms with Crippen molar-refractivity contribution in [2.24, 2.45) is 0 Å². The summed E-state index contributed by atoms with van der Waals surface area (Å²) in [4.78, 5) is 0. The fourth-order valence-electron chi connectivity index (χ4n) is 15.1. The maximum absolute atomic E-state index is 13.0. The number of hydrogen-bond acceptors (Lipinski definition) is 2. The molecule has 384 valence electrons. The van der Waals surface area contributed by atoms with Crippen LogP contribution in [-0.4, -0.2) is 18.3 Å². The third-order valence-electron chi connectivity index (χ3n) is 18.6. The zero-order chi connectivity index (χ0) is 55.0. The van der Waals surface area contributed by atoms with Gasteiger partial charge in [-0.15, -0.1) is 0 Å². The number of nitrogens with zero attached hydrogens (tertiary/aromatic N) is 6. The molecule has 0 saturated heterocycles. The molecule has 0 amide bonds. The topological polar surface area (TPSA) is 67.3 Å². The number of benzene rings is 13. The molecule has 0 radical (unpaired) electrons. The van der Waals surface area contributed by atoms with Crippen LogP contribution in [0.1, 0.15) is 36.1 Å². The Kier molecular flexibility index (Phi) is 9.06. The molecule has 13 aromatic carbocycles. The van der Waals surface area contributed by atoms with E-state index in [9.17, 15) is 10.5 Å². The molecule has 4 aromatic heterocycles. The Labute approximate surface area is 475 Å². The molecule has 0 saturated carbocycles. The lowest BCUT2D eigenvalue weighted by atomic mass is 9.82. The highest BCUT2D eigenvalue weighted by Crippen LogP contribution is 2.54. The number of aromatic nitrogens is 4. The van der Waals surface area contributed by atoms with Crippen LogP contribution in [0.5, 0.6) is 0 Å². The van der Waals surface area contributed by atoms with Crippen LogP contribution < -0.4 is 0 Å². The fourth-order valence-corrected chi connectivity index (χ4v) is 15.1. The van der Waals surface area contributed by atoms with Gasteiger partial charge in [-0.2, -0.15) is 10.5 Å². The maximum atomic E-state index is 13.0. The highest BCUT2D eigenvalue weighted by Gasteiger charge is 2.39. The predicted octanol–water partition coefficient (Wildman–Crippen LogP) is 19.6. The van der Waals surface area contributed by atoms with Gasteiger partial charge in [0.25, 0.3) is 0 Å². The first kappa shape index (κ1) is 45.7. The third-order valence-corrected chi connectivity index (χ3v) is 18.6. The highest BCUT2D eigenvalue weighted by molar-refractivity contribution is 6.23. The molecule has 0 bridgehead atoms. The minimum absolute atomic E-state index is 0.344. The van der Waals surface area contributed by atoms with Gasteiger partial charge in [0.15, 0.2) is 0 Å². The molecule has 1 aliphatic rings. The van der Waals surface area contributed by atoms with Gasteiger partial charge in [-0.3, -0.25) is 0 Å². The van der Waals surface area contributed by atoms with E-state index in [-0.39, 0.29) is 5.41 Å². The predicted molar refractivity (Wildman–Crippen MR) is 343 cm³/mol. The molecule has 17 aromatic rings. The Balaban J connectivity index is 1.19. The van der Waals surface area contributed by atoms with Crippen LogP contribution in [0, 0.1) is 22.7 Å². The summed E-state index contributed by atoms with van der Waals surface area (Å²) in [5.41, 5.74) is 15.5. The van der Waals surface area contributed by atoms with E-state index in [2.05, 4.69) is 287 Å². The van der Waals surface area contributed by atoms with E-state index in [0.717, 1.165) is 125 Å². The second kappa shape index (κ2) is 16.5. The monoisotopic (exact) mass is 1050 g/mol. The summed E-state index contributed by atoms with van der Waals surface area (Å²) >= 11 is 0. The molecule has 6 heteroatoms. The Morgan fingerprint density at radius 1 is 0.277 bits per heavy atom. The van der Waals surface area contributed by atoms with Crippen LogP contribution in [0.15, 0.2) is 243 Å². The van der Waals surface area contributed by atoms with Gasteiger partial charge in [0.05, 0.1) is 66.9 Å². The number of nitriles is 2. The quantitative estimate of drug-likeness (QED) is 0.176. The van der Waals surface area contributed by atoms with Crippen molar-refractivity contribution in [1.82, 2.24) is 18.3 Å². The second-order valence-electron chi connectivity index (χ2n) is 22.9. The lowest BCUT2D eigenvalue weighted by Crippen LogP contribution is -2.17. The van der Waals surface area contributed by atoms with E-state index in [4.69, 9.17) is 0 Å². The molecule has 0 N–H and O–H groups in total. The fraction of sp³-hybridized carbons (Fsp3) is 0.0390. The number of para-hydroxylation sites is 4. The summed E-state index contributed by atoms with van der Waals surface area (Å²) in [6, 6.07) is 93.2. The van der Waals surface area contributed by atoms with Gasteiger partial charge in [-0.1, -0.05) is 220 Å². The summed E-state index contributed by atoms with van der Waals surface area (Å²) in [7, 11) is 0. The van der Waals surface area contributed by atoms with Crippen molar-refractivity contribution in [2.45, 2.75) is 19.3 Å². The van der Waals surface area contributed by atoms with E-state index in [1.165, 1.54) is 22.3 Å². The largest absolute Gasteiger partial charge is 0.306 e. The molecule has 0 unspecified atom stereocenters. The maximum Gasteiger partial charge on any atom is 0.104 e. The van der Waals surface area contributed by atoms with E-state index in [1.54, 1.807) is 0 Å². The molecule has 4 heterocycles. The van der Waals surface area contributed by atoms with Crippen molar-refractivity contribution < 1.29 is 0 Å². The number of rotatable bonds is 4. The third kappa shape index (κ3) is 5.83. The summed E-state index contributed by atoms with van der Waals surface area (Å²) in [5.74, 6) is 0. The Morgan fingerprint density at radius 2 is 0.639 bits per heavy atom. The first-order valence-corrected chi connectivity index (χ1v) is 28.4. The van der Waals surface area contributed by atoms with Gasteiger partial charge in [0.2, 0.25) is 0 Å². The molecule has 6 nitrogen and oxygen atoms in total. The van der Waals surface area contributed by atoms with Crippen molar-refractivity contribution in [1.29, 1.82) is 10.5 Å². The summed E-state index contributed by atoms with van der Waals surface area (Å²) < 4.78 is 9.47. The van der Waals surface area contributed by atoms with Crippen molar-refractivity contribution in [3.63, 3.8) is 0 Å². The minimum atomic E-state index is -0.344. The van der Waals surface area contributed by atoms with Gasteiger partial charge in [-0.05, 0) is 74.8 Å². The molecule has 18 rings (SSSR count). The molecular formula is C77H46N6. The molecule has 0 aliphatic heterocycles. The van der Waals surface area contributed by atoms with E-state index in [0.29, 0.717) is 28.2 Å². The van der Waals surface area contributed by atoms with E-state index < -0.39 is 0 Å². The van der Waals surface area contributed by atoms with E-state index in [1.807, 2.05) is 0 Å². The van der Waals surface area contributed by atoms with Crippen molar-refractivity contribution >= 4 is 120 Å². The zero-order valence-corrected chi connectivity index (χ0v) is 45.3. The second-order valence-corrected chi connectivity index (χ2v) is 22.9. The Morgan fingerprint density at radius 3 is 1.08 bits per heavy atom.